The van der Waals surface area contributed by atoms with Crippen molar-refractivity contribution in [2.75, 3.05) is 0 Å². The Labute approximate surface area is 122 Å². The minimum absolute atomic E-state index is 0.107. The van der Waals surface area contributed by atoms with E-state index in [4.69, 9.17) is 5.73 Å². The molecule has 0 aliphatic heterocycles. The number of aryl methyl sites for hydroxylation is 1. The van der Waals surface area contributed by atoms with Crippen LogP contribution in [0.25, 0.3) is 10.6 Å². The summed E-state index contributed by atoms with van der Waals surface area (Å²) in [6.45, 7) is 0. The molecule has 0 spiro atoms. The number of nitro groups is 1. The van der Waals surface area contributed by atoms with E-state index in [-0.39, 0.29) is 11.0 Å². The van der Waals surface area contributed by atoms with Gasteiger partial charge in [-0.05, 0) is 25.3 Å². The number of rotatable bonds is 2. The molecule has 1 heterocycles. The van der Waals surface area contributed by atoms with Crippen molar-refractivity contribution in [1.82, 2.24) is 4.98 Å². The van der Waals surface area contributed by atoms with Gasteiger partial charge in [-0.2, -0.15) is 4.39 Å². The normalized spacial score (nSPS) is 17.6. The smallest absolute Gasteiger partial charge is 0.305 e. The SMILES string of the molecule is NC1CCCc2sc(-c3c(F)ccc([N+](=O)[O-])c3F)nc21. The zero-order chi connectivity index (χ0) is 15.1. The maximum Gasteiger partial charge on any atom is 0.305 e. The van der Waals surface area contributed by atoms with Gasteiger partial charge in [-0.3, -0.25) is 10.1 Å². The number of nitro benzene ring substituents is 1. The molecule has 3 rings (SSSR count). The van der Waals surface area contributed by atoms with Gasteiger partial charge in [0, 0.05) is 17.0 Å². The predicted molar refractivity (Wildman–Crippen MR) is 74.0 cm³/mol. The summed E-state index contributed by atoms with van der Waals surface area (Å²) in [5, 5.41) is 10.9. The lowest BCUT2D eigenvalue weighted by Gasteiger charge is -2.15. The van der Waals surface area contributed by atoms with Gasteiger partial charge >= 0.3 is 5.69 Å². The van der Waals surface area contributed by atoms with Crippen LogP contribution in [0.3, 0.4) is 0 Å². The van der Waals surface area contributed by atoms with Gasteiger partial charge in [0.15, 0.2) is 0 Å². The molecule has 2 aromatic rings. The number of thiazole rings is 1. The number of benzene rings is 1. The van der Waals surface area contributed by atoms with Crippen molar-refractivity contribution in [3.8, 4) is 10.6 Å². The largest absolute Gasteiger partial charge is 0.323 e. The third kappa shape index (κ3) is 2.30. The first-order chi connectivity index (χ1) is 9.99. The first kappa shape index (κ1) is 14.0. The van der Waals surface area contributed by atoms with Gasteiger partial charge in [-0.15, -0.1) is 11.3 Å². The monoisotopic (exact) mass is 311 g/mol. The van der Waals surface area contributed by atoms with Crippen molar-refractivity contribution < 1.29 is 13.7 Å². The number of halogens is 2. The summed E-state index contributed by atoms with van der Waals surface area (Å²) in [7, 11) is 0. The highest BCUT2D eigenvalue weighted by Crippen LogP contribution is 2.39. The number of nitrogens with zero attached hydrogens (tertiary/aromatic N) is 2. The van der Waals surface area contributed by atoms with Gasteiger partial charge in [0.2, 0.25) is 5.82 Å². The van der Waals surface area contributed by atoms with Crippen molar-refractivity contribution in [2.24, 2.45) is 5.73 Å². The average Bonchev–Trinajstić information content (AvgIpc) is 2.83. The van der Waals surface area contributed by atoms with Crippen LogP contribution >= 0.6 is 11.3 Å². The van der Waals surface area contributed by atoms with Crippen LogP contribution in [-0.2, 0) is 6.42 Å². The van der Waals surface area contributed by atoms with E-state index in [0.29, 0.717) is 5.69 Å². The van der Waals surface area contributed by atoms with Crippen LogP contribution < -0.4 is 5.73 Å². The first-order valence-corrected chi connectivity index (χ1v) is 7.18. The molecule has 1 aliphatic carbocycles. The fourth-order valence-corrected chi connectivity index (χ4v) is 3.65. The topological polar surface area (TPSA) is 82.0 Å². The van der Waals surface area contributed by atoms with Crippen molar-refractivity contribution in [2.45, 2.75) is 25.3 Å². The molecule has 1 aromatic heterocycles. The second-order valence-corrected chi connectivity index (χ2v) is 5.92. The molecule has 0 radical (unpaired) electrons. The third-order valence-electron chi connectivity index (χ3n) is 3.48. The molecule has 21 heavy (non-hydrogen) atoms. The van der Waals surface area contributed by atoms with Crippen LogP contribution in [-0.4, -0.2) is 9.91 Å². The third-order valence-corrected chi connectivity index (χ3v) is 4.63. The standard InChI is InChI=1S/C13H11F2N3O2S/c14-6-4-5-8(18(19)20)11(15)10(6)13-17-12-7(16)2-1-3-9(12)21-13/h4-5,7H,1-3,16H2. The molecular weight excluding hydrogens is 300 g/mol. The molecule has 0 fully saturated rings. The van der Waals surface area contributed by atoms with Crippen LogP contribution in [0.2, 0.25) is 0 Å². The van der Waals surface area contributed by atoms with E-state index in [1.165, 1.54) is 0 Å². The number of aromatic nitrogens is 1. The predicted octanol–water partition coefficient (Wildman–Crippen LogP) is 3.33. The van der Waals surface area contributed by atoms with Crippen LogP contribution in [0.15, 0.2) is 12.1 Å². The summed E-state index contributed by atoms with van der Waals surface area (Å²) < 4.78 is 28.1. The number of hydrogen-bond acceptors (Lipinski definition) is 5. The van der Waals surface area contributed by atoms with E-state index in [1.54, 1.807) is 0 Å². The summed E-state index contributed by atoms with van der Waals surface area (Å²) >= 11 is 1.15. The molecule has 0 amide bonds. The minimum atomic E-state index is -1.19. The second kappa shape index (κ2) is 5.12. The molecule has 1 aliphatic rings. The molecule has 0 bridgehead atoms. The van der Waals surface area contributed by atoms with Gasteiger partial charge in [0.1, 0.15) is 10.8 Å². The fraction of sp³-hybridized carbons (Fsp3) is 0.308. The van der Waals surface area contributed by atoms with E-state index in [1.807, 2.05) is 0 Å². The maximum absolute atomic E-state index is 14.2. The van der Waals surface area contributed by atoms with E-state index >= 15 is 0 Å². The molecule has 1 atom stereocenters. The molecule has 1 aromatic carbocycles. The average molecular weight is 311 g/mol. The van der Waals surface area contributed by atoms with Gasteiger partial charge in [-0.25, -0.2) is 9.37 Å². The number of fused-ring (bicyclic) bond motifs is 1. The van der Waals surface area contributed by atoms with E-state index in [9.17, 15) is 18.9 Å². The highest BCUT2D eigenvalue weighted by molar-refractivity contribution is 7.15. The van der Waals surface area contributed by atoms with Gasteiger partial charge < -0.3 is 5.73 Å². The summed E-state index contributed by atoms with van der Waals surface area (Å²) in [6, 6.07) is 1.45. The summed E-state index contributed by atoms with van der Waals surface area (Å²) in [6.07, 6.45) is 2.44. The Morgan fingerprint density at radius 2 is 2.19 bits per heavy atom. The van der Waals surface area contributed by atoms with Crippen molar-refractivity contribution in [3.63, 3.8) is 0 Å². The van der Waals surface area contributed by atoms with Crippen LogP contribution in [0.4, 0.5) is 14.5 Å². The number of nitrogens with two attached hydrogens (primary N) is 1. The van der Waals surface area contributed by atoms with Crippen molar-refractivity contribution in [3.05, 3.63) is 44.5 Å². The molecule has 8 heteroatoms. The first-order valence-electron chi connectivity index (χ1n) is 6.37. The van der Waals surface area contributed by atoms with E-state index in [0.717, 1.165) is 47.6 Å². The molecular formula is C13H11F2N3O2S. The maximum atomic E-state index is 14.2. The van der Waals surface area contributed by atoms with Crippen LogP contribution in [0.5, 0.6) is 0 Å². The molecule has 5 nitrogen and oxygen atoms in total. The second-order valence-electron chi connectivity index (χ2n) is 4.84. The molecule has 1 unspecified atom stereocenters. The van der Waals surface area contributed by atoms with Gasteiger partial charge in [0.25, 0.3) is 0 Å². The molecule has 0 saturated heterocycles. The summed E-state index contributed by atoms with van der Waals surface area (Å²) in [5.74, 6) is -2.06. The van der Waals surface area contributed by atoms with Gasteiger partial charge in [0.05, 0.1) is 16.2 Å². The Balaban J connectivity index is 2.17. The lowest BCUT2D eigenvalue weighted by Crippen LogP contribution is -2.16. The minimum Gasteiger partial charge on any atom is -0.323 e. The highest BCUT2D eigenvalue weighted by atomic mass is 32.1. The van der Waals surface area contributed by atoms with Crippen molar-refractivity contribution in [1.29, 1.82) is 0 Å². The van der Waals surface area contributed by atoms with E-state index < -0.39 is 27.8 Å². The zero-order valence-corrected chi connectivity index (χ0v) is 11.6. The highest BCUT2D eigenvalue weighted by Gasteiger charge is 2.28. The Bertz CT molecular complexity index is 732. The van der Waals surface area contributed by atoms with E-state index in [2.05, 4.69) is 4.98 Å². The Morgan fingerprint density at radius 1 is 1.43 bits per heavy atom. The van der Waals surface area contributed by atoms with Crippen LogP contribution in [0, 0.1) is 21.7 Å². The molecule has 0 saturated carbocycles. The number of hydrogen-bond donors (Lipinski definition) is 1. The quantitative estimate of drug-likeness (QED) is 0.681. The Kier molecular flexibility index (Phi) is 3.42. The lowest BCUT2D eigenvalue weighted by molar-refractivity contribution is -0.387. The molecule has 2 N–H and O–H groups in total. The Morgan fingerprint density at radius 3 is 2.86 bits per heavy atom. The van der Waals surface area contributed by atoms with Crippen molar-refractivity contribution >= 4 is 17.0 Å². The summed E-state index contributed by atoms with van der Waals surface area (Å²) in [5.41, 5.74) is 5.38. The molecule has 110 valence electrons. The Hall–Kier alpha value is -1.93. The summed E-state index contributed by atoms with van der Waals surface area (Å²) in [4.78, 5) is 15.0. The van der Waals surface area contributed by atoms with Gasteiger partial charge in [-0.1, -0.05) is 0 Å². The zero-order valence-electron chi connectivity index (χ0n) is 10.8. The fourth-order valence-electron chi connectivity index (χ4n) is 2.44. The lowest BCUT2D eigenvalue weighted by atomic mass is 9.99. The van der Waals surface area contributed by atoms with Crippen LogP contribution in [0.1, 0.15) is 29.5 Å².